The van der Waals surface area contributed by atoms with Gasteiger partial charge in [0.05, 0.1) is 18.1 Å². The van der Waals surface area contributed by atoms with Gasteiger partial charge in [0.1, 0.15) is 11.2 Å². The number of fused-ring (bicyclic) bond motifs is 1. The van der Waals surface area contributed by atoms with Crippen molar-refractivity contribution in [3.63, 3.8) is 0 Å². The molecule has 1 fully saturated rings. The first-order chi connectivity index (χ1) is 13.7. The van der Waals surface area contributed by atoms with Crippen molar-refractivity contribution in [2.45, 2.75) is 45.1 Å². The number of nitrogens with zero attached hydrogens (tertiary/aromatic N) is 5. The third-order valence-electron chi connectivity index (χ3n) is 5.58. The van der Waals surface area contributed by atoms with Gasteiger partial charge in [-0.15, -0.1) is 0 Å². The Hall–Kier alpha value is -3.22. The molecule has 0 radical (unpaired) electrons. The van der Waals surface area contributed by atoms with Crippen molar-refractivity contribution in [1.82, 2.24) is 29.3 Å². The number of aromatic amines is 1. The molecular weight excluding hydrogens is 352 g/mol. The van der Waals surface area contributed by atoms with E-state index in [-0.39, 0.29) is 5.56 Å². The minimum absolute atomic E-state index is 0.111. The lowest BCUT2D eigenvalue weighted by Gasteiger charge is -2.11. The zero-order valence-electron chi connectivity index (χ0n) is 15.8. The number of H-pyrrole nitrogens is 1. The molecule has 1 saturated carbocycles. The third kappa shape index (κ3) is 2.74. The number of benzene rings is 1. The lowest BCUT2D eigenvalue weighted by atomic mass is 10.2. The number of imidazole rings is 1. The predicted octanol–water partition coefficient (Wildman–Crippen LogP) is 3.65. The minimum atomic E-state index is -0.111. The average Bonchev–Trinajstić information content (AvgIpc) is 3.47. The van der Waals surface area contributed by atoms with E-state index in [2.05, 4.69) is 9.97 Å². The molecule has 1 N–H and O–H groups in total. The van der Waals surface area contributed by atoms with Crippen LogP contribution in [0.1, 0.15) is 44.3 Å². The van der Waals surface area contributed by atoms with Gasteiger partial charge in [-0.1, -0.05) is 19.8 Å². The summed E-state index contributed by atoms with van der Waals surface area (Å²) in [5.41, 5.74) is 3.31. The molecule has 0 unspecified atom stereocenters. The standard InChI is InChI=1S/C21H22N6O/c1-2-17-18-20(27(25-17)16-5-3-4-6-16)23-19(24-21(18)28)14-7-9-15(10-8-14)26-12-11-22-13-26/h7-13,16H,2-6H2,1H3,(H,23,24,28). The lowest BCUT2D eigenvalue weighted by Crippen LogP contribution is -2.12. The van der Waals surface area contributed by atoms with Crippen molar-refractivity contribution >= 4 is 11.0 Å². The minimum Gasteiger partial charge on any atom is -0.306 e. The van der Waals surface area contributed by atoms with Gasteiger partial charge in [0.25, 0.3) is 5.56 Å². The summed E-state index contributed by atoms with van der Waals surface area (Å²) >= 11 is 0. The van der Waals surface area contributed by atoms with Crippen molar-refractivity contribution in [1.29, 1.82) is 0 Å². The topological polar surface area (TPSA) is 81.4 Å². The van der Waals surface area contributed by atoms with Crippen LogP contribution in [0.4, 0.5) is 0 Å². The van der Waals surface area contributed by atoms with Crippen LogP contribution in [0.2, 0.25) is 0 Å². The van der Waals surface area contributed by atoms with Crippen LogP contribution in [-0.2, 0) is 6.42 Å². The second-order valence-corrected chi connectivity index (χ2v) is 7.31. The van der Waals surface area contributed by atoms with E-state index in [0.717, 1.165) is 36.2 Å². The van der Waals surface area contributed by atoms with E-state index in [1.807, 2.05) is 46.6 Å². The van der Waals surface area contributed by atoms with E-state index in [4.69, 9.17) is 10.1 Å². The van der Waals surface area contributed by atoms with Crippen LogP contribution in [0.3, 0.4) is 0 Å². The Kier molecular flexibility index (Phi) is 4.07. The Morgan fingerprint density at radius 1 is 1.18 bits per heavy atom. The highest BCUT2D eigenvalue weighted by Gasteiger charge is 2.24. The van der Waals surface area contributed by atoms with Gasteiger partial charge < -0.3 is 9.55 Å². The van der Waals surface area contributed by atoms with Crippen LogP contribution in [0, 0.1) is 0 Å². The molecule has 0 aliphatic heterocycles. The van der Waals surface area contributed by atoms with Gasteiger partial charge in [-0.2, -0.15) is 5.10 Å². The first-order valence-electron chi connectivity index (χ1n) is 9.85. The molecule has 5 rings (SSSR count). The van der Waals surface area contributed by atoms with Gasteiger partial charge in [0.15, 0.2) is 5.65 Å². The van der Waals surface area contributed by atoms with Crippen LogP contribution in [0.5, 0.6) is 0 Å². The highest BCUT2D eigenvalue weighted by molar-refractivity contribution is 5.79. The highest BCUT2D eigenvalue weighted by Crippen LogP contribution is 2.32. The summed E-state index contributed by atoms with van der Waals surface area (Å²) in [5, 5.41) is 5.39. The van der Waals surface area contributed by atoms with E-state index in [9.17, 15) is 4.79 Å². The maximum Gasteiger partial charge on any atom is 0.262 e. The van der Waals surface area contributed by atoms with Crippen LogP contribution < -0.4 is 5.56 Å². The van der Waals surface area contributed by atoms with Gasteiger partial charge >= 0.3 is 0 Å². The molecule has 28 heavy (non-hydrogen) atoms. The molecule has 0 atom stereocenters. The molecule has 1 aliphatic rings. The molecule has 7 nitrogen and oxygen atoms in total. The Bertz CT molecular complexity index is 1160. The van der Waals surface area contributed by atoms with Crippen LogP contribution >= 0.6 is 0 Å². The van der Waals surface area contributed by atoms with Crippen molar-refractivity contribution < 1.29 is 0 Å². The molecule has 0 amide bonds. The normalized spacial score (nSPS) is 14.9. The summed E-state index contributed by atoms with van der Waals surface area (Å²) in [6.45, 7) is 2.03. The number of aromatic nitrogens is 6. The summed E-state index contributed by atoms with van der Waals surface area (Å²) in [5.74, 6) is 0.580. The van der Waals surface area contributed by atoms with E-state index < -0.39 is 0 Å². The van der Waals surface area contributed by atoms with Crippen LogP contribution in [0.25, 0.3) is 28.1 Å². The highest BCUT2D eigenvalue weighted by atomic mass is 16.1. The van der Waals surface area contributed by atoms with Crippen molar-refractivity contribution in [2.75, 3.05) is 0 Å². The van der Waals surface area contributed by atoms with Crippen LogP contribution in [-0.4, -0.2) is 29.3 Å². The van der Waals surface area contributed by atoms with E-state index >= 15 is 0 Å². The van der Waals surface area contributed by atoms with E-state index in [1.54, 1.807) is 12.5 Å². The summed E-state index contributed by atoms with van der Waals surface area (Å²) in [6, 6.07) is 8.26. The summed E-state index contributed by atoms with van der Waals surface area (Å²) in [6.07, 6.45) is 10.7. The second kappa shape index (κ2) is 6.74. The number of hydrogen-bond acceptors (Lipinski definition) is 4. The summed E-state index contributed by atoms with van der Waals surface area (Å²) in [7, 11) is 0. The number of hydrogen-bond donors (Lipinski definition) is 1. The number of nitrogens with one attached hydrogen (secondary N) is 1. The average molecular weight is 374 g/mol. The maximum atomic E-state index is 12.9. The smallest absolute Gasteiger partial charge is 0.262 e. The number of aryl methyl sites for hydroxylation is 1. The monoisotopic (exact) mass is 374 g/mol. The van der Waals surface area contributed by atoms with Crippen molar-refractivity contribution in [3.8, 4) is 17.1 Å². The summed E-state index contributed by atoms with van der Waals surface area (Å²) < 4.78 is 3.94. The van der Waals surface area contributed by atoms with Crippen molar-refractivity contribution in [3.05, 3.63) is 59.0 Å². The Morgan fingerprint density at radius 3 is 2.64 bits per heavy atom. The zero-order chi connectivity index (χ0) is 19.1. The molecule has 4 aromatic rings. The molecule has 1 aromatic carbocycles. The molecule has 0 spiro atoms. The third-order valence-corrected chi connectivity index (χ3v) is 5.58. The molecule has 7 heteroatoms. The fraction of sp³-hybridized carbons (Fsp3) is 0.333. The van der Waals surface area contributed by atoms with Crippen molar-refractivity contribution in [2.24, 2.45) is 0 Å². The maximum absolute atomic E-state index is 12.9. The Labute approximate surface area is 162 Å². The van der Waals surface area contributed by atoms with E-state index in [0.29, 0.717) is 22.9 Å². The van der Waals surface area contributed by atoms with Gasteiger partial charge in [-0.3, -0.25) is 4.79 Å². The molecule has 0 bridgehead atoms. The SMILES string of the molecule is CCc1nn(C2CCCC2)c2nc(-c3ccc(-n4ccnc4)cc3)[nH]c(=O)c12. The second-order valence-electron chi connectivity index (χ2n) is 7.31. The van der Waals surface area contributed by atoms with Gasteiger partial charge in [-0.05, 0) is 43.5 Å². The first-order valence-corrected chi connectivity index (χ1v) is 9.85. The zero-order valence-corrected chi connectivity index (χ0v) is 15.8. The van der Waals surface area contributed by atoms with Gasteiger partial charge in [-0.25, -0.2) is 14.6 Å². The molecule has 0 saturated heterocycles. The Morgan fingerprint density at radius 2 is 1.96 bits per heavy atom. The Balaban J connectivity index is 1.62. The van der Waals surface area contributed by atoms with Crippen LogP contribution in [0.15, 0.2) is 47.8 Å². The first kappa shape index (κ1) is 16.9. The predicted molar refractivity (Wildman–Crippen MR) is 108 cm³/mol. The lowest BCUT2D eigenvalue weighted by molar-refractivity contribution is 0.474. The van der Waals surface area contributed by atoms with Gasteiger partial charge in [0, 0.05) is 23.6 Å². The number of rotatable bonds is 4. The van der Waals surface area contributed by atoms with Gasteiger partial charge in [0.2, 0.25) is 0 Å². The fourth-order valence-corrected chi connectivity index (χ4v) is 4.11. The molecule has 1 aliphatic carbocycles. The molecule has 3 heterocycles. The largest absolute Gasteiger partial charge is 0.306 e. The fourth-order valence-electron chi connectivity index (χ4n) is 4.11. The molecule has 3 aromatic heterocycles. The quantitative estimate of drug-likeness (QED) is 0.591. The molecule has 142 valence electrons. The molecular formula is C21H22N6O. The van der Waals surface area contributed by atoms with E-state index in [1.165, 1.54) is 12.8 Å². The summed E-state index contributed by atoms with van der Waals surface area (Å²) in [4.78, 5) is 24.7.